The largest absolute Gasteiger partial charge is 0.461 e. The van der Waals surface area contributed by atoms with Crippen molar-refractivity contribution in [2.45, 2.75) is 42.9 Å². The fourth-order valence-corrected chi connectivity index (χ4v) is 7.89. The van der Waals surface area contributed by atoms with E-state index < -0.39 is 32.4 Å². The van der Waals surface area contributed by atoms with Crippen molar-refractivity contribution < 1.29 is 22.7 Å². The molecule has 2 atom stereocenters. The monoisotopic (exact) mass is 559 g/mol. The summed E-state index contributed by atoms with van der Waals surface area (Å²) in [5.74, 6) is -0.921. The van der Waals surface area contributed by atoms with Gasteiger partial charge in [0.15, 0.2) is 0 Å². The van der Waals surface area contributed by atoms with Gasteiger partial charge in [-0.1, -0.05) is 42.8 Å². The van der Waals surface area contributed by atoms with E-state index in [4.69, 9.17) is 4.74 Å². The van der Waals surface area contributed by atoms with Gasteiger partial charge in [-0.05, 0) is 55.7 Å². The van der Waals surface area contributed by atoms with Crippen molar-refractivity contribution in [2.24, 2.45) is 7.05 Å². The third-order valence-corrected chi connectivity index (χ3v) is 10.3. The zero-order chi connectivity index (χ0) is 28.8. The quantitative estimate of drug-likeness (QED) is 0.346. The van der Waals surface area contributed by atoms with E-state index in [0.29, 0.717) is 17.4 Å². The van der Waals surface area contributed by atoms with Crippen LogP contribution in [-0.2, 0) is 37.4 Å². The maximum atomic E-state index is 14.0. The molecule has 0 saturated heterocycles. The van der Waals surface area contributed by atoms with Crippen LogP contribution in [0.25, 0.3) is 10.9 Å². The predicted molar refractivity (Wildman–Crippen MR) is 150 cm³/mol. The number of fused-ring (bicyclic) bond motifs is 3. The van der Waals surface area contributed by atoms with Crippen molar-refractivity contribution in [3.8, 4) is 0 Å². The van der Waals surface area contributed by atoms with E-state index in [9.17, 15) is 22.8 Å². The number of benzene rings is 2. The van der Waals surface area contributed by atoms with Gasteiger partial charge in [0, 0.05) is 36.8 Å². The number of aromatic nitrogens is 2. The minimum Gasteiger partial charge on any atom is -0.461 e. The van der Waals surface area contributed by atoms with Crippen LogP contribution in [0, 0.1) is 6.92 Å². The summed E-state index contributed by atoms with van der Waals surface area (Å²) in [6.07, 6.45) is 2.13. The Morgan fingerprint density at radius 3 is 2.38 bits per heavy atom. The second-order valence-corrected chi connectivity index (χ2v) is 12.6. The van der Waals surface area contributed by atoms with Gasteiger partial charge in [-0.3, -0.25) is 9.59 Å². The summed E-state index contributed by atoms with van der Waals surface area (Å²) in [4.78, 5) is 42.2. The molecule has 1 aliphatic heterocycles. The highest BCUT2D eigenvalue weighted by atomic mass is 32.2. The molecule has 0 unspecified atom stereocenters. The van der Waals surface area contributed by atoms with Crippen LogP contribution in [0.15, 0.2) is 70.5 Å². The molecule has 1 spiro atoms. The molecule has 40 heavy (non-hydrogen) atoms. The number of pyridine rings is 1. The number of aryl methyl sites for hydroxylation is 2. The highest BCUT2D eigenvalue weighted by molar-refractivity contribution is 7.90. The molecule has 4 aromatic rings. The Kier molecular flexibility index (Phi) is 5.48. The maximum absolute atomic E-state index is 14.0. The summed E-state index contributed by atoms with van der Waals surface area (Å²) in [5.41, 5.74) is 0.553. The number of hydrogen-bond donors (Lipinski definition) is 0. The minimum absolute atomic E-state index is 0.0221. The Morgan fingerprint density at radius 2 is 1.70 bits per heavy atom. The first-order chi connectivity index (χ1) is 18.9. The van der Waals surface area contributed by atoms with Gasteiger partial charge in [-0.2, -0.15) is 0 Å². The molecule has 2 aromatic carbocycles. The Labute approximate surface area is 231 Å². The summed E-state index contributed by atoms with van der Waals surface area (Å²) in [6.45, 7) is 5.43. The first-order valence-corrected chi connectivity index (χ1v) is 14.5. The number of ether oxygens (including phenoxy) is 1. The SMILES string of the molecule is CCOC(=O)c1cc2c([C@]3(C)C[C@@]34C(=O)N(C)c3ccccc34)cn(C)c(=O)c2n1S(=O)(=O)c1ccc(C)cc1. The van der Waals surface area contributed by atoms with Crippen LogP contribution < -0.4 is 10.5 Å². The molecule has 1 fully saturated rings. The third kappa shape index (κ3) is 3.19. The Balaban J connectivity index is 1.67. The zero-order valence-corrected chi connectivity index (χ0v) is 23.7. The molecule has 6 rings (SSSR count). The van der Waals surface area contributed by atoms with Gasteiger partial charge in [0.1, 0.15) is 11.2 Å². The van der Waals surface area contributed by atoms with E-state index in [0.717, 1.165) is 20.8 Å². The second kappa shape index (κ2) is 8.41. The molecule has 2 aromatic heterocycles. The summed E-state index contributed by atoms with van der Waals surface area (Å²) in [6, 6.07) is 15.2. The Bertz CT molecular complexity index is 1920. The van der Waals surface area contributed by atoms with E-state index >= 15 is 0 Å². The smallest absolute Gasteiger partial charge is 0.356 e. The lowest BCUT2D eigenvalue weighted by Gasteiger charge is -2.20. The van der Waals surface area contributed by atoms with E-state index in [2.05, 4.69) is 0 Å². The fraction of sp³-hybridized carbons (Fsp3) is 0.300. The van der Waals surface area contributed by atoms with Gasteiger partial charge in [-0.25, -0.2) is 17.2 Å². The van der Waals surface area contributed by atoms with Gasteiger partial charge in [-0.15, -0.1) is 0 Å². The molecule has 0 N–H and O–H groups in total. The van der Waals surface area contributed by atoms with Crippen LogP contribution in [0.3, 0.4) is 0 Å². The highest BCUT2D eigenvalue weighted by Gasteiger charge is 2.74. The standard InChI is InChI=1S/C30H29N3O6S/c1-6-39-27(35)24-15-20-22(29(3)17-30(29)21-9-7-8-10-23(21)32(5)28(30)36)16-31(4)26(34)25(20)33(24)40(37,38)19-13-11-18(2)12-14-19/h7-16H,6,17H2,1-5H3/t29-,30+/m0/s1. The van der Waals surface area contributed by atoms with E-state index in [1.807, 2.05) is 38.1 Å². The van der Waals surface area contributed by atoms with E-state index in [1.165, 1.54) is 22.8 Å². The number of para-hydroxylation sites is 1. The number of hydrogen-bond acceptors (Lipinski definition) is 6. The normalized spacial score (nSPS) is 21.7. The molecular weight excluding hydrogens is 530 g/mol. The molecule has 0 radical (unpaired) electrons. The predicted octanol–water partition coefficient (Wildman–Crippen LogP) is 3.64. The van der Waals surface area contributed by atoms with Gasteiger partial charge in [0.05, 0.1) is 16.9 Å². The molecule has 9 nitrogen and oxygen atoms in total. The molecule has 1 aliphatic carbocycles. The molecule has 10 heteroatoms. The average molecular weight is 560 g/mol. The van der Waals surface area contributed by atoms with Gasteiger partial charge in [0.2, 0.25) is 5.91 Å². The maximum Gasteiger partial charge on any atom is 0.356 e. The Hall–Kier alpha value is -4.18. The number of nitrogens with zero attached hydrogens (tertiary/aromatic N) is 3. The third-order valence-electron chi connectivity index (χ3n) is 8.56. The van der Waals surface area contributed by atoms with Crippen LogP contribution in [0.5, 0.6) is 0 Å². The molecular formula is C30H29N3O6S. The lowest BCUT2D eigenvalue weighted by atomic mass is 9.83. The van der Waals surface area contributed by atoms with E-state index in [1.54, 1.807) is 44.2 Å². The number of rotatable bonds is 5. The molecule has 2 aliphatic rings. The summed E-state index contributed by atoms with van der Waals surface area (Å²) >= 11 is 0. The number of amides is 1. The van der Waals surface area contributed by atoms with Crippen LogP contribution in [-0.4, -0.2) is 42.5 Å². The van der Waals surface area contributed by atoms with Gasteiger partial charge < -0.3 is 14.2 Å². The minimum atomic E-state index is -4.38. The van der Waals surface area contributed by atoms with Crippen molar-refractivity contribution >= 4 is 38.5 Å². The van der Waals surface area contributed by atoms with Crippen LogP contribution in [0.2, 0.25) is 0 Å². The number of carbonyl (C=O) groups is 2. The zero-order valence-electron chi connectivity index (χ0n) is 22.9. The molecule has 0 bridgehead atoms. The van der Waals surface area contributed by atoms with Crippen LogP contribution >= 0.6 is 0 Å². The van der Waals surface area contributed by atoms with Gasteiger partial charge >= 0.3 is 5.97 Å². The molecule has 1 amide bonds. The molecule has 1 saturated carbocycles. The number of anilines is 1. The summed E-state index contributed by atoms with van der Waals surface area (Å²) in [7, 11) is -1.10. The topological polar surface area (TPSA) is 108 Å². The first-order valence-electron chi connectivity index (χ1n) is 13.0. The second-order valence-electron chi connectivity index (χ2n) is 10.8. The van der Waals surface area contributed by atoms with Crippen LogP contribution in [0.1, 0.15) is 47.4 Å². The van der Waals surface area contributed by atoms with Crippen molar-refractivity contribution in [1.29, 1.82) is 0 Å². The molecule has 3 heterocycles. The highest BCUT2D eigenvalue weighted by Crippen LogP contribution is 2.70. The van der Waals surface area contributed by atoms with Gasteiger partial charge in [0.25, 0.3) is 15.6 Å². The lowest BCUT2D eigenvalue weighted by molar-refractivity contribution is -0.120. The van der Waals surface area contributed by atoms with Crippen molar-refractivity contribution in [2.75, 3.05) is 18.6 Å². The first kappa shape index (κ1) is 26.1. The Morgan fingerprint density at radius 1 is 1.02 bits per heavy atom. The van der Waals surface area contributed by atoms with E-state index in [-0.39, 0.29) is 28.6 Å². The summed E-state index contributed by atoms with van der Waals surface area (Å²) < 4.78 is 35.5. The van der Waals surface area contributed by atoms with Crippen molar-refractivity contribution in [3.63, 3.8) is 0 Å². The summed E-state index contributed by atoms with van der Waals surface area (Å²) in [5, 5.41) is 0.307. The number of carbonyl (C=O) groups excluding carboxylic acids is 2. The lowest BCUT2D eigenvalue weighted by Crippen LogP contribution is -2.34. The van der Waals surface area contributed by atoms with Crippen molar-refractivity contribution in [3.05, 3.63) is 93.5 Å². The number of likely N-dealkylation sites (N-methyl/N-ethyl adjacent to an activating group) is 1. The molecule has 206 valence electrons. The van der Waals surface area contributed by atoms with Crippen LogP contribution in [0.4, 0.5) is 5.69 Å². The van der Waals surface area contributed by atoms with Crippen molar-refractivity contribution in [1.82, 2.24) is 8.54 Å². The average Bonchev–Trinajstić information content (AvgIpc) is 3.27. The number of esters is 1. The fourth-order valence-electron chi connectivity index (χ4n) is 6.39.